The third kappa shape index (κ3) is 6.03. The van der Waals surface area contributed by atoms with Gasteiger partial charge in [0.2, 0.25) is 11.8 Å². The van der Waals surface area contributed by atoms with Crippen LogP contribution in [0.1, 0.15) is 58.3 Å². The Labute approximate surface area is 110 Å². The lowest BCUT2D eigenvalue weighted by molar-refractivity contribution is -0.136. The summed E-state index contributed by atoms with van der Waals surface area (Å²) in [5.41, 5.74) is 0. The van der Waals surface area contributed by atoms with Crippen LogP contribution < -0.4 is 5.32 Å². The molecule has 1 heterocycles. The molecule has 0 aliphatic carbocycles. The monoisotopic (exact) mass is 254 g/mol. The smallest absolute Gasteiger partial charge is 0.232 e. The number of hydrogen-bond donors (Lipinski definition) is 1. The largest absolute Gasteiger partial charge is 0.356 e. The van der Waals surface area contributed by atoms with Crippen LogP contribution in [-0.4, -0.2) is 36.3 Å². The number of unbranched alkanes of at least 4 members (excludes halogenated alkanes) is 2. The quantitative estimate of drug-likeness (QED) is 0.583. The van der Waals surface area contributed by atoms with Gasteiger partial charge in [0.1, 0.15) is 6.42 Å². The van der Waals surface area contributed by atoms with E-state index < -0.39 is 0 Å². The van der Waals surface area contributed by atoms with E-state index in [1.54, 1.807) is 0 Å². The fourth-order valence-corrected chi connectivity index (χ4v) is 2.23. The van der Waals surface area contributed by atoms with Gasteiger partial charge in [0.25, 0.3) is 0 Å². The van der Waals surface area contributed by atoms with Gasteiger partial charge in [-0.2, -0.15) is 0 Å². The predicted octanol–water partition coefficient (Wildman–Crippen LogP) is 2.09. The van der Waals surface area contributed by atoms with Crippen LogP contribution in [0.2, 0.25) is 0 Å². The molecule has 1 rings (SSSR count). The molecule has 0 saturated carbocycles. The van der Waals surface area contributed by atoms with Gasteiger partial charge in [-0.3, -0.25) is 9.59 Å². The molecule has 1 aliphatic heterocycles. The summed E-state index contributed by atoms with van der Waals surface area (Å²) in [4.78, 5) is 25.3. The lowest BCUT2D eigenvalue weighted by atomic mass is 10.2. The van der Waals surface area contributed by atoms with Crippen LogP contribution in [-0.2, 0) is 9.59 Å². The molecule has 2 amide bonds. The first kappa shape index (κ1) is 15.0. The molecule has 1 N–H and O–H groups in total. The molecule has 0 radical (unpaired) electrons. The highest BCUT2D eigenvalue weighted by molar-refractivity contribution is 5.96. The normalized spacial score (nSPS) is 16.2. The van der Waals surface area contributed by atoms with Gasteiger partial charge in [0.15, 0.2) is 0 Å². The Morgan fingerprint density at radius 3 is 2.33 bits per heavy atom. The Kier molecular flexibility index (Phi) is 7.46. The summed E-state index contributed by atoms with van der Waals surface area (Å²) >= 11 is 0. The number of hydrogen-bond acceptors (Lipinski definition) is 2. The topological polar surface area (TPSA) is 49.4 Å². The van der Waals surface area contributed by atoms with Crippen molar-refractivity contribution in [3.05, 3.63) is 0 Å². The van der Waals surface area contributed by atoms with Crippen molar-refractivity contribution in [3.63, 3.8) is 0 Å². The standard InChI is InChI=1S/C14H26N2O2/c1-2-3-6-9-15-13(17)12-14(18)16-10-7-4-5-8-11-16/h2-12H2,1H3,(H,15,17). The molecule has 0 aromatic rings. The summed E-state index contributed by atoms with van der Waals surface area (Å²) in [5.74, 6) is -0.134. The van der Waals surface area contributed by atoms with Crippen LogP contribution in [0.4, 0.5) is 0 Å². The Bertz CT molecular complexity index is 259. The first-order valence-corrected chi connectivity index (χ1v) is 7.28. The zero-order valence-electron chi connectivity index (χ0n) is 11.5. The van der Waals surface area contributed by atoms with Crippen molar-refractivity contribution in [2.75, 3.05) is 19.6 Å². The number of nitrogens with one attached hydrogen (secondary N) is 1. The predicted molar refractivity (Wildman–Crippen MR) is 72.2 cm³/mol. The summed E-state index contributed by atoms with van der Waals surface area (Å²) < 4.78 is 0. The maximum atomic E-state index is 11.9. The van der Waals surface area contributed by atoms with Gasteiger partial charge in [-0.15, -0.1) is 0 Å². The van der Waals surface area contributed by atoms with Crippen LogP contribution in [0.5, 0.6) is 0 Å². The van der Waals surface area contributed by atoms with E-state index in [-0.39, 0.29) is 18.2 Å². The van der Waals surface area contributed by atoms with Crippen molar-refractivity contribution in [2.24, 2.45) is 0 Å². The molecule has 0 unspecified atom stereocenters. The zero-order valence-corrected chi connectivity index (χ0v) is 11.5. The Hall–Kier alpha value is -1.06. The highest BCUT2D eigenvalue weighted by Crippen LogP contribution is 2.10. The molecular formula is C14H26N2O2. The maximum Gasteiger partial charge on any atom is 0.232 e. The van der Waals surface area contributed by atoms with Crippen LogP contribution >= 0.6 is 0 Å². The first-order valence-electron chi connectivity index (χ1n) is 7.28. The average molecular weight is 254 g/mol. The van der Waals surface area contributed by atoms with Crippen LogP contribution in [0, 0.1) is 0 Å². The molecule has 0 aromatic heterocycles. The summed E-state index contributed by atoms with van der Waals surface area (Å²) in [7, 11) is 0. The van der Waals surface area contributed by atoms with Gasteiger partial charge in [-0.25, -0.2) is 0 Å². The summed E-state index contributed by atoms with van der Waals surface area (Å²) in [5, 5.41) is 2.82. The molecule has 1 aliphatic rings. The number of amides is 2. The zero-order chi connectivity index (χ0) is 13.2. The highest BCUT2D eigenvalue weighted by Gasteiger charge is 2.17. The molecular weight excluding hydrogens is 228 g/mol. The Balaban J connectivity index is 2.19. The lowest BCUT2D eigenvalue weighted by Crippen LogP contribution is -2.36. The second-order valence-electron chi connectivity index (χ2n) is 5.03. The van der Waals surface area contributed by atoms with Gasteiger partial charge >= 0.3 is 0 Å². The number of carbonyl (C=O) groups is 2. The number of carbonyl (C=O) groups excluding carboxylic acids is 2. The van der Waals surface area contributed by atoms with Gasteiger partial charge < -0.3 is 10.2 Å². The molecule has 0 bridgehead atoms. The second kappa shape index (κ2) is 8.95. The summed E-state index contributed by atoms with van der Waals surface area (Å²) in [6.07, 6.45) is 7.84. The van der Waals surface area contributed by atoms with Crippen LogP contribution in [0.25, 0.3) is 0 Å². The first-order chi connectivity index (χ1) is 8.74. The fraction of sp³-hybridized carbons (Fsp3) is 0.857. The van der Waals surface area contributed by atoms with Gasteiger partial charge in [0.05, 0.1) is 0 Å². The van der Waals surface area contributed by atoms with Crippen molar-refractivity contribution in [2.45, 2.75) is 58.3 Å². The number of likely N-dealkylation sites (tertiary alicyclic amines) is 1. The van der Waals surface area contributed by atoms with Gasteiger partial charge in [0, 0.05) is 19.6 Å². The highest BCUT2D eigenvalue weighted by atomic mass is 16.2. The third-order valence-electron chi connectivity index (χ3n) is 3.37. The van der Waals surface area contributed by atoms with Crippen molar-refractivity contribution < 1.29 is 9.59 Å². The van der Waals surface area contributed by atoms with Gasteiger partial charge in [-0.1, -0.05) is 32.6 Å². The molecule has 1 fully saturated rings. The number of rotatable bonds is 6. The van der Waals surface area contributed by atoms with E-state index >= 15 is 0 Å². The fourth-order valence-electron chi connectivity index (χ4n) is 2.23. The van der Waals surface area contributed by atoms with Crippen LogP contribution in [0.3, 0.4) is 0 Å². The Morgan fingerprint density at radius 2 is 1.72 bits per heavy atom. The van der Waals surface area contributed by atoms with E-state index in [0.29, 0.717) is 6.54 Å². The van der Waals surface area contributed by atoms with E-state index in [0.717, 1.165) is 45.2 Å². The SMILES string of the molecule is CCCCCNC(=O)CC(=O)N1CCCCCC1. The van der Waals surface area contributed by atoms with Crippen LogP contribution in [0.15, 0.2) is 0 Å². The van der Waals surface area contributed by atoms with E-state index in [2.05, 4.69) is 12.2 Å². The molecule has 0 spiro atoms. The summed E-state index contributed by atoms with van der Waals surface area (Å²) in [6, 6.07) is 0. The number of nitrogens with zero attached hydrogens (tertiary/aromatic N) is 1. The van der Waals surface area contributed by atoms with E-state index in [9.17, 15) is 9.59 Å². The van der Waals surface area contributed by atoms with Crippen molar-refractivity contribution >= 4 is 11.8 Å². The second-order valence-corrected chi connectivity index (χ2v) is 5.03. The Morgan fingerprint density at radius 1 is 1.06 bits per heavy atom. The molecule has 18 heavy (non-hydrogen) atoms. The van der Waals surface area contributed by atoms with Crippen molar-refractivity contribution in [1.82, 2.24) is 10.2 Å². The van der Waals surface area contributed by atoms with Gasteiger partial charge in [-0.05, 0) is 19.3 Å². The molecule has 1 saturated heterocycles. The minimum Gasteiger partial charge on any atom is -0.356 e. The molecule has 0 aromatic carbocycles. The van der Waals surface area contributed by atoms with E-state index in [1.807, 2.05) is 4.90 Å². The maximum absolute atomic E-state index is 11.9. The minimum absolute atomic E-state index is 0.00936. The van der Waals surface area contributed by atoms with Crippen molar-refractivity contribution in [1.29, 1.82) is 0 Å². The average Bonchev–Trinajstić information content (AvgIpc) is 2.63. The minimum atomic E-state index is -0.125. The van der Waals surface area contributed by atoms with Crippen molar-refractivity contribution in [3.8, 4) is 0 Å². The lowest BCUT2D eigenvalue weighted by Gasteiger charge is -2.19. The third-order valence-corrected chi connectivity index (χ3v) is 3.37. The molecule has 4 heteroatoms. The molecule has 104 valence electrons. The molecule has 0 atom stereocenters. The van der Waals surface area contributed by atoms with E-state index in [1.165, 1.54) is 12.8 Å². The summed E-state index contributed by atoms with van der Waals surface area (Å²) in [6.45, 7) is 4.47. The van der Waals surface area contributed by atoms with E-state index in [4.69, 9.17) is 0 Å². The molecule has 4 nitrogen and oxygen atoms in total.